The second kappa shape index (κ2) is 6.15. The number of aromatic nitrogens is 2. The molecule has 4 heteroatoms. The molecule has 0 radical (unpaired) electrons. The molecule has 0 saturated carbocycles. The van der Waals surface area contributed by atoms with Gasteiger partial charge in [0.2, 0.25) is 0 Å². The molecule has 0 aliphatic heterocycles. The molecule has 0 atom stereocenters. The molecule has 2 aromatic heterocycles. The summed E-state index contributed by atoms with van der Waals surface area (Å²) < 4.78 is 0. The highest BCUT2D eigenvalue weighted by Crippen LogP contribution is 2.27. The van der Waals surface area contributed by atoms with Crippen molar-refractivity contribution in [2.75, 3.05) is 12.4 Å². The SMILES string of the molecule is CCc1ccc(-c2nc(CC(C)C)cc(NC)n2)s1. The van der Waals surface area contributed by atoms with Crippen LogP contribution in [0.4, 0.5) is 5.82 Å². The maximum atomic E-state index is 4.70. The molecule has 2 rings (SSSR count). The van der Waals surface area contributed by atoms with Crippen molar-refractivity contribution in [1.82, 2.24) is 9.97 Å². The number of hydrogen-bond acceptors (Lipinski definition) is 4. The van der Waals surface area contributed by atoms with E-state index in [1.54, 1.807) is 11.3 Å². The minimum Gasteiger partial charge on any atom is -0.373 e. The average molecular weight is 275 g/mol. The highest BCUT2D eigenvalue weighted by molar-refractivity contribution is 7.15. The van der Waals surface area contributed by atoms with Crippen LogP contribution in [0.3, 0.4) is 0 Å². The van der Waals surface area contributed by atoms with E-state index in [-0.39, 0.29) is 0 Å². The lowest BCUT2D eigenvalue weighted by Crippen LogP contribution is -2.03. The maximum Gasteiger partial charge on any atom is 0.171 e. The Morgan fingerprint density at radius 2 is 2.05 bits per heavy atom. The highest BCUT2D eigenvalue weighted by atomic mass is 32.1. The van der Waals surface area contributed by atoms with E-state index < -0.39 is 0 Å². The van der Waals surface area contributed by atoms with Gasteiger partial charge in [0.1, 0.15) is 5.82 Å². The van der Waals surface area contributed by atoms with Gasteiger partial charge in [0.15, 0.2) is 5.82 Å². The summed E-state index contributed by atoms with van der Waals surface area (Å²) in [4.78, 5) is 11.8. The van der Waals surface area contributed by atoms with E-state index in [9.17, 15) is 0 Å². The third kappa shape index (κ3) is 3.53. The summed E-state index contributed by atoms with van der Waals surface area (Å²) >= 11 is 1.78. The Morgan fingerprint density at radius 3 is 2.63 bits per heavy atom. The van der Waals surface area contributed by atoms with Crippen molar-refractivity contribution in [1.29, 1.82) is 0 Å². The predicted molar refractivity (Wildman–Crippen MR) is 82.8 cm³/mol. The summed E-state index contributed by atoms with van der Waals surface area (Å²) in [5, 5.41) is 3.13. The smallest absolute Gasteiger partial charge is 0.171 e. The van der Waals surface area contributed by atoms with Gasteiger partial charge in [-0.25, -0.2) is 9.97 Å². The van der Waals surface area contributed by atoms with E-state index >= 15 is 0 Å². The number of nitrogens with one attached hydrogen (secondary N) is 1. The Kier molecular flexibility index (Phi) is 4.53. The van der Waals surface area contributed by atoms with Crippen molar-refractivity contribution in [2.45, 2.75) is 33.6 Å². The van der Waals surface area contributed by atoms with Crippen LogP contribution in [0.5, 0.6) is 0 Å². The van der Waals surface area contributed by atoms with Crippen molar-refractivity contribution >= 4 is 17.2 Å². The van der Waals surface area contributed by atoms with Crippen molar-refractivity contribution in [3.05, 3.63) is 28.8 Å². The number of nitrogens with zero attached hydrogens (tertiary/aromatic N) is 2. The zero-order valence-electron chi connectivity index (χ0n) is 12.0. The molecule has 0 spiro atoms. The van der Waals surface area contributed by atoms with Crippen LogP contribution in [-0.2, 0) is 12.8 Å². The van der Waals surface area contributed by atoms with Crippen LogP contribution in [0.15, 0.2) is 18.2 Å². The van der Waals surface area contributed by atoms with Crippen molar-refractivity contribution in [2.24, 2.45) is 5.92 Å². The molecular weight excluding hydrogens is 254 g/mol. The van der Waals surface area contributed by atoms with Crippen LogP contribution in [0.1, 0.15) is 31.3 Å². The zero-order chi connectivity index (χ0) is 13.8. The van der Waals surface area contributed by atoms with Crippen molar-refractivity contribution in [3.63, 3.8) is 0 Å². The van der Waals surface area contributed by atoms with Crippen molar-refractivity contribution < 1.29 is 0 Å². The summed E-state index contributed by atoms with van der Waals surface area (Å²) in [5.41, 5.74) is 1.11. The van der Waals surface area contributed by atoms with Gasteiger partial charge in [0, 0.05) is 23.7 Å². The van der Waals surface area contributed by atoms with E-state index in [1.807, 2.05) is 13.1 Å². The fraction of sp³-hybridized carbons (Fsp3) is 0.467. The van der Waals surface area contributed by atoms with E-state index in [0.29, 0.717) is 5.92 Å². The molecule has 2 heterocycles. The molecule has 2 aromatic rings. The van der Waals surface area contributed by atoms with Crippen LogP contribution < -0.4 is 5.32 Å². The molecule has 102 valence electrons. The van der Waals surface area contributed by atoms with Gasteiger partial charge in [-0.15, -0.1) is 11.3 Å². The topological polar surface area (TPSA) is 37.8 Å². The molecular formula is C15H21N3S. The van der Waals surface area contributed by atoms with Gasteiger partial charge >= 0.3 is 0 Å². The second-order valence-corrected chi connectivity index (χ2v) is 6.20. The summed E-state index contributed by atoms with van der Waals surface area (Å²) in [6, 6.07) is 6.33. The lowest BCUT2D eigenvalue weighted by atomic mass is 10.1. The van der Waals surface area contributed by atoms with Gasteiger partial charge in [-0.1, -0.05) is 20.8 Å². The lowest BCUT2D eigenvalue weighted by molar-refractivity contribution is 0.635. The Labute approximate surface area is 119 Å². The van der Waals surface area contributed by atoms with Crippen LogP contribution in [-0.4, -0.2) is 17.0 Å². The quantitative estimate of drug-likeness (QED) is 0.896. The maximum absolute atomic E-state index is 4.70. The van der Waals surface area contributed by atoms with Gasteiger partial charge in [-0.3, -0.25) is 0 Å². The fourth-order valence-corrected chi connectivity index (χ4v) is 2.83. The number of aryl methyl sites for hydroxylation is 1. The van der Waals surface area contributed by atoms with Gasteiger partial charge in [0.05, 0.1) is 4.88 Å². The summed E-state index contributed by atoms with van der Waals surface area (Å²) in [5.74, 6) is 2.33. The van der Waals surface area contributed by atoms with E-state index in [0.717, 1.165) is 35.1 Å². The third-order valence-corrected chi connectivity index (χ3v) is 4.11. The van der Waals surface area contributed by atoms with E-state index in [4.69, 9.17) is 4.98 Å². The number of thiophene rings is 1. The molecule has 0 unspecified atom stereocenters. The molecule has 3 nitrogen and oxygen atoms in total. The molecule has 0 aromatic carbocycles. The average Bonchev–Trinajstić information content (AvgIpc) is 2.86. The Balaban J connectivity index is 2.38. The summed E-state index contributed by atoms with van der Waals surface area (Å²) in [6.07, 6.45) is 2.05. The Hall–Kier alpha value is -1.42. The van der Waals surface area contributed by atoms with Gasteiger partial charge in [0.25, 0.3) is 0 Å². The van der Waals surface area contributed by atoms with E-state index in [2.05, 4.69) is 43.2 Å². The zero-order valence-corrected chi connectivity index (χ0v) is 12.8. The monoisotopic (exact) mass is 275 g/mol. The molecule has 0 fully saturated rings. The summed E-state index contributed by atoms with van der Waals surface area (Å²) in [7, 11) is 1.90. The molecule has 19 heavy (non-hydrogen) atoms. The van der Waals surface area contributed by atoms with Gasteiger partial charge < -0.3 is 5.32 Å². The molecule has 0 amide bonds. The predicted octanol–water partition coefficient (Wildman–Crippen LogP) is 4.01. The molecule has 1 N–H and O–H groups in total. The third-order valence-electron chi connectivity index (χ3n) is 2.88. The lowest BCUT2D eigenvalue weighted by Gasteiger charge is -2.08. The van der Waals surface area contributed by atoms with Crippen LogP contribution in [0, 0.1) is 5.92 Å². The van der Waals surface area contributed by atoms with Crippen LogP contribution in [0.25, 0.3) is 10.7 Å². The number of anilines is 1. The normalized spacial score (nSPS) is 11.0. The first-order valence-corrected chi connectivity index (χ1v) is 7.58. The first-order chi connectivity index (χ1) is 9.12. The number of rotatable bonds is 5. The minimum absolute atomic E-state index is 0.599. The fourth-order valence-electron chi connectivity index (χ4n) is 1.95. The Morgan fingerprint density at radius 1 is 1.26 bits per heavy atom. The first-order valence-electron chi connectivity index (χ1n) is 6.77. The highest BCUT2D eigenvalue weighted by Gasteiger charge is 2.09. The second-order valence-electron chi connectivity index (χ2n) is 5.04. The van der Waals surface area contributed by atoms with Gasteiger partial charge in [-0.05, 0) is 30.9 Å². The van der Waals surface area contributed by atoms with Gasteiger partial charge in [-0.2, -0.15) is 0 Å². The van der Waals surface area contributed by atoms with Crippen LogP contribution >= 0.6 is 11.3 Å². The first kappa shape index (κ1) is 14.0. The van der Waals surface area contributed by atoms with Crippen molar-refractivity contribution in [3.8, 4) is 10.7 Å². The molecule has 0 saturated heterocycles. The molecule has 0 bridgehead atoms. The Bertz CT molecular complexity index is 546. The largest absolute Gasteiger partial charge is 0.373 e. The van der Waals surface area contributed by atoms with Crippen LogP contribution in [0.2, 0.25) is 0 Å². The molecule has 0 aliphatic carbocycles. The number of hydrogen-bond donors (Lipinski definition) is 1. The standard InChI is InChI=1S/C15H21N3S/c1-5-12-6-7-13(19-12)15-17-11(8-10(2)3)9-14(16-4)18-15/h6-7,9-10H,5,8H2,1-4H3,(H,16,17,18). The van der Waals surface area contributed by atoms with E-state index in [1.165, 1.54) is 4.88 Å². The molecule has 0 aliphatic rings. The minimum atomic E-state index is 0.599. The summed E-state index contributed by atoms with van der Waals surface area (Å²) in [6.45, 7) is 6.59.